The van der Waals surface area contributed by atoms with Gasteiger partial charge in [0.25, 0.3) is 0 Å². The Bertz CT molecular complexity index is 606. The maximum Gasteiger partial charge on any atom is 0.249 e. The van der Waals surface area contributed by atoms with Crippen molar-refractivity contribution in [1.82, 2.24) is 5.32 Å². The summed E-state index contributed by atoms with van der Waals surface area (Å²) in [5, 5.41) is 32.9. The zero-order valence-corrected chi connectivity index (χ0v) is 27.2. The average molecular weight is 580 g/mol. The van der Waals surface area contributed by atoms with E-state index in [4.69, 9.17) is 0 Å². The molecular weight excluding hydrogens is 510 g/mol. The van der Waals surface area contributed by atoms with Crippen molar-refractivity contribution >= 4 is 5.91 Å². The van der Waals surface area contributed by atoms with E-state index in [1.165, 1.54) is 109 Å². The molecule has 0 fully saturated rings. The average Bonchev–Trinajstić information content (AvgIpc) is 2.98. The summed E-state index contributed by atoms with van der Waals surface area (Å²) in [5.74, 6) is -0.514. The number of allylic oxidation sites excluding steroid dienone is 3. The Morgan fingerprint density at radius 2 is 0.976 bits per heavy atom. The summed E-state index contributed by atoms with van der Waals surface area (Å²) in [5.41, 5.74) is 0. The molecule has 0 spiro atoms. The van der Waals surface area contributed by atoms with Crippen LogP contribution in [-0.2, 0) is 4.79 Å². The number of hydrogen-bond acceptors (Lipinski definition) is 4. The molecule has 5 heteroatoms. The molecular formula is C36H69NO4. The molecule has 0 saturated carbocycles. The van der Waals surface area contributed by atoms with Crippen molar-refractivity contribution in [2.75, 3.05) is 6.61 Å². The molecule has 41 heavy (non-hydrogen) atoms. The van der Waals surface area contributed by atoms with E-state index in [1.54, 1.807) is 6.08 Å². The predicted octanol–water partition coefficient (Wildman–Crippen LogP) is 9.09. The highest BCUT2D eigenvalue weighted by molar-refractivity contribution is 5.80. The smallest absolute Gasteiger partial charge is 0.249 e. The van der Waals surface area contributed by atoms with Gasteiger partial charge in [-0.1, -0.05) is 154 Å². The number of aliphatic hydroxyl groups is 3. The molecule has 0 aromatic carbocycles. The van der Waals surface area contributed by atoms with E-state index in [-0.39, 0.29) is 6.61 Å². The SMILES string of the molecule is CCCCCCCC/C=C\CCCCCC[C@H](O)C(=O)N[C@@H](CO)[C@H](O)/C=C/CCCCCCCCCCCCC. The van der Waals surface area contributed by atoms with Gasteiger partial charge in [0.15, 0.2) is 0 Å². The van der Waals surface area contributed by atoms with Crippen molar-refractivity contribution in [2.24, 2.45) is 0 Å². The lowest BCUT2D eigenvalue weighted by Gasteiger charge is -2.21. The van der Waals surface area contributed by atoms with E-state index in [2.05, 4.69) is 31.3 Å². The van der Waals surface area contributed by atoms with Gasteiger partial charge in [-0.2, -0.15) is 0 Å². The minimum atomic E-state index is -1.10. The molecule has 0 rings (SSSR count). The number of nitrogens with one attached hydrogen (secondary N) is 1. The van der Waals surface area contributed by atoms with Gasteiger partial charge in [-0.3, -0.25) is 4.79 Å². The van der Waals surface area contributed by atoms with Gasteiger partial charge in [0.1, 0.15) is 6.10 Å². The van der Waals surface area contributed by atoms with E-state index in [1.807, 2.05) is 6.08 Å². The van der Waals surface area contributed by atoms with E-state index in [0.717, 1.165) is 44.9 Å². The molecule has 0 bridgehead atoms. The van der Waals surface area contributed by atoms with Gasteiger partial charge in [-0.25, -0.2) is 0 Å². The van der Waals surface area contributed by atoms with Gasteiger partial charge in [0, 0.05) is 0 Å². The maximum atomic E-state index is 12.4. The van der Waals surface area contributed by atoms with Crippen molar-refractivity contribution in [3.8, 4) is 0 Å². The van der Waals surface area contributed by atoms with Crippen molar-refractivity contribution in [1.29, 1.82) is 0 Å². The normalized spacial score (nSPS) is 14.2. The van der Waals surface area contributed by atoms with Gasteiger partial charge in [-0.15, -0.1) is 0 Å². The van der Waals surface area contributed by atoms with Crippen molar-refractivity contribution < 1.29 is 20.1 Å². The number of hydrogen-bond donors (Lipinski definition) is 4. The molecule has 0 aliphatic carbocycles. The summed E-state index contributed by atoms with van der Waals surface area (Å²) in [6, 6.07) is -0.797. The van der Waals surface area contributed by atoms with Gasteiger partial charge in [-0.05, 0) is 44.9 Å². The minimum absolute atomic E-state index is 0.366. The molecule has 3 atom stereocenters. The summed E-state index contributed by atoms with van der Waals surface area (Å²) in [6.45, 7) is 4.14. The molecule has 242 valence electrons. The molecule has 1 amide bonds. The lowest BCUT2D eigenvalue weighted by atomic mass is 10.0. The quantitative estimate of drug-likeness (QED) is 0.0487. The van der Waals surface area contributed by atoms with Gasteiger partial charge in [0.2, 0.25) is 5.91 Å². The molecule has 0 aromatic rings. The van der Waals surface area contributed by atoms with Crippen LogP contribution >= 0.6 is 0 Å². The molecule has 0 heterocycles. The van der Waals surface area contributed by atoms with Gasteiger partial charge < -0.3 is 20.6 Å². The third-order valence-electron chi connectivity index (χ3n) is 8.04. The largest absolute Gasteiger partial charge is 0.394 e. The first-order valence-electron chi connectivity index (χ1n) is 17.7. The monoisotopic (exact) mass is 580 g/mol. The number of carbonyl (C=O) groups is 1. The lowest BCUT2D eigenvalue weighted by Crippen LogP contribution is -2.48. The molecule has 0 aliphatic heterocycles. The summed E-state index contributed by atoms with van der Waals surface area (Å²) in [4.78, 5) is 12.4. The van der Waals surface area contributed by atoms with E-state index in [0.29, 0.717) is 6.42 Å². The standard InChI is InChI=1S/C36H69NO4/c1-3-5-7-9-11-13-15-17-19-21-23-25-27-29-31-35(40)36(41)37-33(32-38)34(39)30-28-26-24-22-20-18-16-14-12-10-8-6-4-2/h17,19,28,30,33-35,38-40H,3-16,18,20-27,29,31-32H2,1-2H3,(H,37,41)/b19-17-,30-28+/t33-,34+,35-/m0/s1. The number of aliphatic hydroxyl groups excluding tert-OH is 3. The summed E-state index contributed by atoms with van der Waals surface area (Å²) in [7, 11) is 0. The van der Waals surface area contributed by atoms with E-state index >= 15 is 0 Å². The van der Waals surface area contributed by atoms with Crippen LogP contribution < -0.4 is 5.32 Å². The van der Waals surface area contributed by atoms with Crippen molar-refractivity contribution in [2.45, 2.75) is 193 Å². The minimum Gasteiger partial charge on any atom is -0.394 e. The van der Waals surface area contributed by atoms with E-state index in [9.17, 15) is 20.1 Å². The number of carbonyl (C=O) groups excluding carboxylic acids is 1. The maximum absolute atomic E-state index is 12.4. The van der Waals surface area contributed by atoms with Crippen LogP contribution in [0.1, 0.15) is 174 Å². The lowest BCUT2D eigenvalue weighted by molar-refractivity contribution is -0.131. The fraction of sp³-hybridized carbons (Fsp3) is 0.861. The van der Waals surface area contributed by atoms with Crippen LogP contribution in [0.15, 0.2) is 24.3 Å². The topological polar surface area (TPSA) is 89.8 Å². The van der Waals surface area contributed by atoms with Crippen LogP contribution in [0.4, 0.5) is 0 Å². The molecule has 4 N–H and O–H groups in total. The second-order valence-electron chi connectivity index (χ2n) is 12.1. The Morgan fingerprint density at radius 1 is 0.585 bits per heavy atom. The summed E-state index contributed by atoms with van der Waals surface area (Å²) < 4.78 is 0. The Labute approximate surface area is 254 Å². The zero-order chi connectivity index (χ0) is 30.2. The molecule has 0 saturated heterocycles. The molecule has 0 radical (unpaired) electrons. The van der Waals surface area contributed by atoms with Crippen molar-refractivity contribution in [3.63, 3.8) is 0 Å². The number of amides is 1. The third-order valence-corrected chi connectivity index (χ3v) is 8.04. The van der Waals surface area contributed by atoms with Crippen LogP contribution in [0.2, 0.25) is 0 Å². The predicted molar refractivity (Wildman–Crippen MR) is 176 cm³/mol. The fourth-order valence-corrected chi connectivity index (χ4v) is 5.18. The Balaban J connectivity index is 3.80. The first-order chi connectivity index (χ1) is 20.1. The molecule has 5 nitrogen and oxygen atoms in total. The number of rotatable bonds is 31. The number of unbranched alkanes of at least 4 members (excludes halogenated alkanes) is 21. The highest BCUT2D eigenvalue weighted by Crippen LogP contribution is 2.13. The van der Waals surface area contributed by atoms with Crippen LogP contribution in [0.25, 0.3) is 0 Å². The second-order valence-corrected chi connectivity index (χ2v) is 12.1. The second kappa shape index (κ2) is 31.8. The Kier molecular flexibility index (Phi) is 30.9. The fourth-order valence-electron chi connectivity index (χ4n) is 5.18. The highest BCUT2D eigenvalue weighted by Gasteiger charge is 2.22. The molecule has 0 aliphatic rings. The Hall–Kier alpha value is -1.17. The molecule has 0 unspecified atom stereocenters. The van der Waals surface area contributed by atoms with Crippen LogP contribution in [0, 0.1) is 0 Å². The van der Waals surface area contributed by atoms with Gasteiger partial charge >= 0.3 is 0 Å². The zero-order valence-electron chi connectivity index (χ0n) is 27.2. The van der Waals surface area contributed by atoms with Crippen LogP contribution in [-0.4, -0.2) is 46.1 Å². The highest BCUT2D eigenvalue weighted by atomic mass is 16.3. The summed E-state index contributed by atoms with van der Waals surface area (Å²) >= 11 is 0. The van der Waals surface area contributed by atoms with Crippen LogP contribution in [0.3, 0.4) is 0 Å². The van der Waals surface area contributed by atoms with Crippen LogP contribution in [0.5, 0.6) is 0 Å². The third kappa shape index (κ3) is 27.4. The first-order valence-corrected chi connectivity index (χ1v) is 17.7. The summed E-state index contributed by atoms with van der Waals surface area (Å²) in [6.07, 6.45) is 36.1. The Morgan fingerprint density at radius 3 is 1.41 bits per heavy atom. The molecule has 0 aromatic heterocycles. The van der Waals surface area contributed by atoms with Crippen molar-refractivity contribution in [3.05, 3.63) is 24.3 Å². The first kappa shape index (κ1) is 39.8. The van der Waals surface area contributed by atoms with E-state index < -0.39 is 24.2 Å². The van der Waals surface area contributed by atoms with Gasteiger partial charge in [0.05, 0.1) is 18.8 Å².